The van der Waals surface area contributed by atoms with Gasteiger partial charge in [0.2, 0.25) is 0 Å². The highest BCUT2D eigenvalue weighted by molar-refractivity contribution is 6.00. The average molecular weight is 378 g/mol. The number of aromatic nitrogens is 1. The predicted molar refractivity (Wildman–Crippen MR) is 108 cm³/mol. The third kappa shape index (κ3) is 3.96. The molecule has 1 atom stereocenters. The Labute approximate surface area is 163 Å². The van der Waals surface area contributed by atoms with Crippen molar-refractivity contribution in [2.45, 2.75) is 20.0 Å². The number of nitrogens with zero attached hydrogens (tertiary/aromatic N) is 2. The van der Waals surface area contributed by atoms with Crippen molar-refractivity contribution in [2.24, 2.45) is 0 Å². The number of esters is 1. The van der Waals surface area contributed by atoms with Crippen LogP contribution in [0.15, 0.2) is 54.6 Å². The number of benzene rings is 2. The number of para-hydroxylation sites is 1. The number of hydrogen-bond donors (Lipinski definition) is 0. The molecule has 0 fully saturated rings. The number of rotatable bonds is 5. The zero-order valence-corrected chi connectivity index (χ0v) is 16.3. The van der Waals surface area contributed by atoms with Gasteiger partial charge < -0.3 is 14.4 Å². The number of ether oxygens (including phenoxy) is 2. The van der Waals surface area contributed by atoms with Gasteiger partial charge in [-0.15, -0.1) is 0 Å². The maximum atomic E-state index is 12.6. The Morgan fingerprint density at radius 1 is 1.07 bits per heavy atom. The van der Waals surface area contributed by atoms with Gasteiger partial charge in [-0.05, 0) is 44.2 Å². The second kappa shape index (κ2) is 8.08. The molecule has 3 rings (SSSR count). The monoisotopic (exact) mass is 378 g/mol. The summed E-state index contributed by atoms with van der Waals surface area (Å²) in [5.41, 5.74) is 2.32. The van der Waals surface area contributed by atoms with E-state index in [9.17, 15) is 9.59 Å². The molecule has 0 saturated carbocycles. The van der Waals surface area contributed by atoms with Gasteiger partial charge in [-0.2, -0.15) is 0 Å². The number of carbonyl (C=O) groups excluding carboxylic acids is 2. The van der Waals surface area contributed by atoms with Crippen molar-refractivity contribution < 1.29 is 19.1 Å². The minimum absolute atomic E-state index is 0.310. The van der Waals surface area contributed by atoms with Gasteiger partial charge in [0, 0.05) is 24.2 Å². The molecule has 0 unspecified atom stereocenters. The molecule has 0 saturated heterocycles. The summed E-state index contributed by atoms with van der Waals surface area (Å²) in [6.45, 7) is 3.30. The molecule has 0 aliphatic rings. The van der Waals surface area contributed by atoms with E-state index in [-0.39, 0.29) is 5.91 Å². The highest BCUT2D eigenvalue weighted by Gasteiger charge is 2.24. The molecule has 3 aromatic rings. The van der Waals surface area contributed by atoms with Crippen molar-refractivity contribution >= 4 is 28.5 Å². The van der Waals surface area contributed by atoms with E-state index >= 15 is 0 Å². The van der Waals surface area contributed by atoms with Crippen LogP contribution in [0.5, 0.6) is 5.75 Å². The normalized spacial score (nSPS) is 11.7. The maximum absolute atomic E-state index is 12.6. The van der Waals surface area contributed by atoms with Crippen LogP contribution >= 0.6 is 0 Å². The van der Waals surface area contributed by atoms with Gasteiger partial charge in [0.05, 0.1) is 23.9 Å². The number of fused-ring (bicyclic) bond motifs is 1. The summed E-state index contributed by atoms with van der Waals surface area (Å²) in [5, 5.41) is 0.790. The number of aryl methyl sites for hydroxylation is 1. The van der Waals surface area contributed by atoms with Crippen LogP contribution in [0.4, 0.5) is 5.69 Å². The first kappa shape index (κ1) is 19.4. The standard InChI is InChI=1S/C22H22N2O4/c1-14-19(12-16-10-11-18(27-4)13-20(16)23-14)22(26)28-15(2)21(25)24(3)17-8-6-5-7-9-17/h5-13,15H,1-4H3/t15-/m1/s1. The first-order chi connectivity index (χ1) is 13.4. The molecule has 1 amide bonds. The zero-order chi connectivity index (χ0) is 20.3. The van der Waals surface area contributed by atoms with Crippen LogP contribution in [0.1, 0.15) is 23.0 Å². The van der Waals surface area contributed by atoms with Crippen LogP contribution in [-0.4, -0.2) is 37.1 Å². The molecule has 28 heavy (non-hydrogen) atoms. The summed E-state index contributed by atoms with van der Waals surface area (Å²) in [5.74, 6) is -0.196. The van der Waals surface area contributed by atoms with Crippen molar-refractivity contribution in [3.63, 3.8) is 0 Å². The topological polar surface area (TPSA) is 68.7 Å². The van der Waals surface area contributed by atoms with Crippen LogP contribution in [0, 0.1) is 6.92 Å². The Morgan fingerprint density at radius 3 is 2.46 bits per heavy atom. The molecule has 0 spiro atoms. The lowest BCUT2D eigenvalue weighted by Gasteiger charge is -2.21. The summed E-state index contributed by atoms with van der Waals surface area (Å²) in [7, 11) is 3.24. The van der Waals surface area contributed by atoms with Crippen LogP contribution in [0.25, 0.3) is 10.9 Å². The minimum Gasteiger partial charge on any atom is -0.497 e. The molecule has 0 N–H and O–H groups in total. The van der Waals surface area contributed by atoms with Crippen LogP contribution in [-0.2, 0) is 9.53 Å². The van der Waals surface area contributed by atoms with E-state index in [4.69, 9.17) is 9.47 Å². The number of anilines is 1. The van der Waals surface area contributed by atoms with E-state index < -0.39 is 12.1 Å². The molecule has 0 bridgehead atoms. The smallest absolute Gasteiger partial charge is 0.340 e. The first-order valence-electron chi connectivity index (χ1n) is 8.89. The second-order valence-electron chi connectivity index (χ2n) is 6.46. The maximum Gasteiger partial charge on any atom is 0.340 e. The van der Waals surface area contributed by atoms with Gasteiger partial charge in [0.25, 0.3) is 5.91 Å². The van der Waals surface area contributed by atoms with Crippen molar-refractivity contribution in [3.8, 4) is 5.75 Å². The molecular weight excluding hydrogens is 356 g/mol. The van der Waals surface area contributed by atoms with E-state index in [1.807, 2.05) is 36.4 Å². The second-order valence-corrected chi connectivity index (χ2v) is 6.46. The quantitative estimate of drug-likeness (QED) is 0.633. The Balaban J connectivity index is 1.78. The predicted octanol–water partition coefficient (Wildman–Crippen LogP) is 3.76. The fraction of sp³-hybridized carbons (Fsp3) is 0.227. The Bertz CT molecular complexity index is 1020. The summed E-state index contributed by atoms with van der Waals surface area (Å²) >= 11 is 0. The van der Waals surface area contributed by atoms with Gasteiger partial charge in [-0.3, -0.25) is 9.78 Å². The Morgan fingerprint density at radius 2 is 1.79 bits per heavy atom. The Hall–Kier alpha value is -3.41. The highest BCUT2D eigenvalue weighted by atomic mass is 16.5. The molecule has 0 aliphatic heterocycles. The molecule has 1 heterocycles. The number of methoxy groups -OCH3 is 1. The summed E-state index contributed by atoms with van der Waals surface area (Å²) < 4.78 is 10.6. The number of hydrogen-bond acceptors (Lipinski definition) is 5. The molecule has 0 aliphatic carbocycles. The van der Waals surface area contributed by atoms with E-state index in [2.05, 4.69) is 4.98 Å². The molecular formula is C22H22N2O4. The molecule has 1 aromatic heterocycles. The van der Waals surface area contributed by atoms with E-state index in [1.54, 1.807) is 46.2 Å². The summed E-state index contributed by atoms with van der Waals surface area (Å²) in [6, 6.07) is 16.3. The van der Waals surface area contributed by atoms with Crippen molar-refractivity contribution in [1.29, 1.82) is 0 Å². The van der Waals surface area contributed by atoms with Gasteiger partial charge in [-0.1, -0.05) is 18.2 Å². The third-order valence-corrected chi connectivity index (χ3v) is 4.54. The zero-order valence-electron chi connectivity index (χ0n) is 16.3. The van der Waals surface area contributed by atoms with E-state index in [0.717, 1.165) is 16.6 Å². The fourth-order valence-electron chi connectivity index (χ4n) is 2.90. The van der Waals surface area contributed by atoms with Gasteiger partial charge in [0.1, 0.15) is 5.75 Å². The van der Waals surface area contributed by atoms with Crippen LogP contribution in [0.2, 0.25) is 0 Å². The molecule has 144 valence electrons. The lowest BCUT2D eigenvalue weighted by atomic mass is 10.1. The molecule has 0 radical (unpaired) electrons. The molecule has 2 aromatic carbocycles. The Kier molecular flexibility index (Phi) is 5.59. The average Bonchev–Trinajstić information content (AvgIpc) is 2.72. The summed E-state index contributed by atoms with van der Waals surface area (Å²) in [4.78, 5) is 31.2. The highest BCUT2D eigenvalue weighted by Crippen LogP contribution is 2.22. The van der Waals surface area contributed by atoms with Gasteiger partial charge >= 0.3 is 5.97 Å². The van der Waals surface area contributed by atoms with E-state index in [1.165, 1.54) is 4.90 Å². The van der Waals surface area contributed by atoms with Crippen molar-refractivity contribution in [3.05, 3.63) is 65.9 Å². The van der Waals surface area contributed by atoms with Crippen LogP contribution in [0.3, 0.4) is 0 Å². The minimum atomic E-state index is -0.927. The van der Waals surface area contributed by atoms with Crippen molar-refractivity contribution in [2.75, 3.05) is 19.1 Å². The fourth-order valence-corrected chi connectivity index (χ4v) is 2.90. The lowest BCUT2D eigenvalue weighted by Crippen LogP contribution is -2.37. The SMILES string of the molecule is COc1ccc2cc(C(=O)O[C@H](C)C(=O)N(C)c3ccccc3)c(C)nc2c1. The number of pyridine rings is 1. The lowest BCUT2D eigenvalue weighted by molar-refractivity contribution is -0.126. The summed E-state index contributed by atoms with van der Waals surface area (Å²) in [6.07, 6.45) is -0.927. The van der Waals surface area contributed by atoms with Gasteiger partial charge in [0.15, 0.2) is 6.10 Å². The number of likely N-dealkylation sites (N-methyl/N-ethyl adjacent to an activating group) is 1. The molecule has 6 heteroatoms. The number of amides is 1. The largest absolute Gasteiger partial charge is 0.497 e. The van der Waals surface area contributed by atoms with Crippen molar-refractivity contribution in [1.82, 2.24) is 4.98 Å². The van der Waals surface area contributed by atoms with Crippen LogP contribution < -0.4 is 9.64 Å². The number of carbonyl (C=O) groups is 2. The van der Waals surface area contributed by atoms with Gasteiger partial charge in [-0.25, -0.2) is 4.79 Å². The third-order valence-electron chi connectivity index (χ3n) is 4.54. The van der Waals surface area contributed by atoms with E-state index in [0.29, 0.717) is 17.0 Å². The first-order valence-corrected chi connectivity index (χ1v) is 8.89. The molecule has 6 nitrogen and oxygen atoms in total.